The van der Waals surface area contributed by atoms with Crippen LogP contribution in [-0.4, -0.2) is 26.4 Å². The molecule has 2 N–H and O–H groups in total. The lowest BCUT2D eigenvalue weighted by atomic mass is 10.0. The Bertz CT molecular complexity index is 1030. The number of nitrogens with two attached hydrogens (primary N) is 1. The van der Waals surface area contributed by atoms with Gasteiger partial charge < -0.3 is 10.5 Å². The number of benzene rings is 1. The second-order valence-electron chi connectivity index (χ2n) is 7.64. The third kappa shape index (κ3) is 4.99. The van der Waals surface area contributed by atoms with Gasteiger partial charge in [0.25, 0.3) is 5.56 Å². The van der Waals surface area contributed by atoms with Crippen LogP contribution in [0.4, 0.5) is 5.95 Å². The Labute approximate surface area is 170 Å². The fourth-order valence-electron chi connectivity index (χ4n) is 2.86. The van der Waals surface area contributed by atoms with Gasteiger partial charge >= 0.3 is 0 Å². The number of ether oxygens (including phenoxy) is 1. The summed E-state index contributed by atoms with van der Waals surface area (Å²) < 4.78 is 7.24. The maximum absolute atomic E-state index is 12.1. The van der Waals surface area contributed by atoms with E-state index in [-0.39, 0.29) is 17.5 Å². The van der Waals surface area contributed by atoms with Crippen molar-refractivity contribution in [3.8, 4) is 28.3 Å². The van der Waals surface area contributed by atoms with Crippen LogP contribution in [0.2, 0.25) is 0 Å². The van der Waals surface area contributed by atoms with Crippen molar-refractivity contribution >= 4 is 5.95 Å². The Morgan fingerprint density at radius 3 is 2.45 bits per heavy atom. The molecule has 1 aromatic carbocycles. The van der Waals surface area contributed by atoms with Crippen molar-refractivity contribution in [2.45, 2.75) is 40.2 Å². The number of hydrogen-bond donors (Lipinski definition) is 1. The molecule has 7 nitrogen and oxygen atoms in total. The molecule has 7 heteroatoms. The molecule has 0 aliphatic carbocycles. The maximum Gasteiger partial charge on any atom is 0.267 e. The predicted octanol–water partition coefficient (Wildman–Crippen LogP) is 3.96. The molecule has 0 saturated carbocycles. The predicted molar refractivity (Wildman–Crippen MR) is 115 cm³/mol. The van der Waals surface area contributed by atoms with Crippen LogP contribution in [0.25, 0.3) is 22.5 Å². The van der Waals surface area contributed by atoms with Crippen LogP contribution in [0.3, 0.4) is 0 Å². The maximum atomic E-state index is 12.1. The second-order valence-corrected chi connectivity index (χ2v) is 7.64. The van der Waals surface area contributed by atoms with E-state index in [2.05, 4.69) is 28.9 Å². The average molecular weight is 393 g/mol. The van der Waals surface area contributed by atoms with E-state index < -0.39 is 0 Å². The molecular weight excluding hydrogens is 366 g/mol. The molecule has 0 aliphatic rings. The summed E-state index contributed by atoms with van der Waals surface area (Å²) >= 11 is 0. The van der Waals surface area contributed by atoms with E-state index in [1.807, 2.05) is 38.1 Å². The Balaban J connectivity index is 1.96. The van der Waals surface area contributed by atoms with Gasteiger partial charge in [0.2, 0.25) is 5.95 Å². The van der Waals surface area contributed by atoms with Gasteiger partial charge in [0.15, 0.2) is 0 Å². The molecular formula is C22H27N5O2. The normalized spacial score (nSPS) is 11.2. The minimum atomic E-state index is -0.149. The van der Waals surface area contributed by atoms with Crippen molar-refractivity contribution in [1.82, 2.24) is 19.7 Å². The van der Waals surface area contributed by atoms with E-state index in [9.17, 15) is 4.79 Å². The molecule has 0 spiro atoms. The van der Waals surface area contributed by atoms with Crippen molar-refractivity contribution in [2.24, 2.45) is 5.92 Å². The fraction of sp³-hybridized carbons (Fsp3) is 0.364. The summed E-state index contributed by atoms with van der Waals surface area (Å²) in [6.07, 6.45) is 2.65. The van der Waals surface area contributed by atoms with Crippen molar-refractivity contribution in [3.05, 3.63) is 52.9 Å². The summed E-state index contributed by atoms with van der Waals surface area (Å²) in [6, 6.07) is 10.9. The van der Waals surface area contributed by atoms with Crippen molar-refractivity contribution in [3.63, 3.8) is 0 Å². The van der Waals surface area contributed by atoms with Crippen LogP contribution in [0, 0.1) is 5.92 Å². The molecule has 0 radical (unpaired) electrons. The lowest BCUT2D eigenvalue weighted by Gasteiger charge is -2.13. The largest absolute Gasteiger partial charge is 0.494 e. The van der Waals surface area contributed by atoms with E-state index in [0.717, 1.165) is 17.7 Å². The number of anilines is 1. The monoisotopic (exact) mass is 393 g/mol. The quantitative estimate of drug-likeness (QED) is 0.653. The van der Waals surface area contributed by atoms with Gasteiger partial charge in [-0.25, -0.2) is 14.6 Å². The van der Waals surface area contributed by atoms with Crippen LogP contribution in [0.15, 0.2) is 47.4 Å². The number of aromatic nitrogens is 4. The zero-order valence-electron chi connectivity index (χ0n) is 17.3. The first-order chi connectivity index (χ1) is 13.8. The summed E-state index contributed by atoms with van der Waals surface area (Å²) in [4.78, 5) is 20.6. The average Bonchev–Trinajstić information content (AvgIpc) is 2.68. The van der Waals surface area contributed by atoms with Gasteiger partial charge in [0.05, 0.1) is 24.0 Å². The third-order valence-corrected chi connectivity index (χ3v) is 4.49. The van der Waals surface area contributed by atoms with Gasteiger partial charge in [-0.05, 0) is 56.5 Å². The number of nitrogen functional groups attached to an aromatic ring is 1. The molecule has 2 heterocycles. The SMILES string of the molecule is CC(C)CCOc1ccc(-c2nc(N)ncc2-c2ccc(=O)n(C(C)C)n2)cc1. The molecule has 152 valence electrons. The van der Waals surface area contributed by atoms with E-state index >= 15 is 0 Å². The van der Waals surface area contributed by atoms with Crippen LogP contribution in [0.5, 0.6) is 5.75 Å². The highest BCUT2D eigenvalue weighted by Crippen LogP contribution is 2.30. The zero-order valence-corrected chi connectivity index (χ0v) is 17.3. The highest BCUT2D eigenvalue weighted by Gasteiger charge is 2.14. The minimum absolute atomic E-state index is 0.0529. The van der Waals surface area contributed by atoms with E-state index in [1.165, 1.54) is 10.7 Å². The van der Waals surface area contributed by atoms with Gasteiger partial charge in [-0.3, -0.25) is 4.79 Å². The van der Waals surface area contributed by atoms with Gasteiger partial charge in [-0.15, -0.1) is 0 Å². The van der Waals surface area contributed by atoms with Crippen LogP contribution in [0.1, 0.15) is 40.2 Å². The molecule has 0 atom stereocenters. The van der Waals surface area contributed by atoms with Crippen molar-refractivity contribution in [2.75, 3.05) is 12.3 Å². The van der Waals surface area contributed by atoms with E-state index in [1.54, 1.807) is 12.3 Å². The Morgan fingerprint density at radius 1 is 1.07 bits per heavy atom. The summed E-state index contributed by atoms with van der Waals surface area (Å²) in [6.45, 7) is 8.85. The van der Waals surface area contributed by atoms with Crippen LogP contribution in [-0.2, 0) is 0 Å². The fourth-order valence-corrected chi connectivity index (χ4v) is 2.86. The Hall–Kier alpha value is -3.22. The molecule has 0 saturated heterocycles. The van der Waals surface area contributed by atoms with Crippen molar-refractivity contribution < 1.29 is 4.74 Å². The summed E-state index contributed by atoms with van der Waals surface area (Å²) in [5.74, 6) is 1.59. The summed E-state index contributed by atoms with van der Waals surface area (Å²) in [5, 5.41) is 4.49. The first-order valence-corrected chi connectivity index (χ1v) is 9.81. The topological polar surface area (TPSA) is 95.9 Å². The summed E-state index contributed by atoms with van der Waals surface area (Å²) in [5.41, 5.74) is 8.55. The highest BCUT2D eigenvalue weighted by atomic mass is 16.5. The first kappa shape index (κ1) is 20.5. The van der Waals surface area contributed by atoms with Gasteiger partial charge in [-0.2, -0.15) is 5.10 Å². The van der Waals surface area contributed by atoms with E-state index in [0.29, 0.717) is 29.5 Å². The van der Waals surface area contributed by atoms with Crippen molar-refractivity contribution in [1.29, 1.82) is 0 Å². The zero-order chi connectivity index (χ0) is 21.0. The lowest BCUT2D eigenvalue weighted by Crippen LogP contribution is -2.24. The van der Waals surface area contributed by atoms with Gasteiger partial charge in [-0.1, -0.05) is 13.8 Å². The molecule has 0 amide bonds. The minimum Gasteiger partial charge on any atom is -0.494 e. The molecule has 0 bridgehead atoms. The Morgan fingerprint density at radius 2 is 1.79 bits per heavy atom. The first-order valence-electron chi connectivity index (χ1n) is 9.81. The summed E-state index contributed by atoms with van der Waals surface area (Å²) in [7, 11) is 0. The van der Waals surface area contributed by atoms with Gasteiger partial charge in [0, 0.05) is 23.4 Å². The molecule has 3 rings (SSSR count). The molecule has 0 aliphatic heterocycles. The van der Waals surface area contributed by atoms with E-state index in [4.69, 9.17) is 10.5 Å². The number of hydrogen-bond acceptors (Lipinski definition) is 6. The van der Waals surface area contributed by atoms with Crippen LogP contribution >= 0.6 is 0 Å². The second kappa shape index (κ2) is 8.86. The number of rotatable bonds is 7. The third-order valence-electron chi connectivity index (χ3n) is 4.49. The smallest absolute Gasteiger partial charge is 0.267 e. The molecule has 0 unspecified atom stereocenters. The molecule has 3 aromatic rings. The standard InChI is InChI=1S/C22H27N5O2/c1-14(2)11-12-29-17-7-5-16(6-8-17)21-18(13-24-22(23)25-21)19-9-10-20(28)27(26-19)15(3)4/h5-10,13-15H,11-12H2,1-4H3,(H2,23,24,25). The number of nitrogens with zero attached hydrogens (tertiary/aromatic N) is 4. The van der Waals surface area contributed by atoms with Crippen LogP contribution < -0.4 is 16.0 Å². The Kier molecular flexibility index (Phi) is 6.26. The molecule has 0 fully saturated rings. The molecule has 2 aromatic heterocycles. The lowest BCUT2D eigenvalue weighted by molar-refractivity contribution is 0.289. The highest BCUT2D eigenvalue weighted by molar-refractivity contribution is 5.79. The van der Waals surface area contributed by atoms with Gasteiger partial charge in [0.1, 0.15) is 5.75 Å². The molecule has 29 heavy (non-hydrogen) atoms.